The first kappa shape index (κ1) is 20.2. The molecule has 0 radical (unpaired) electrons. The predicted octanol–water partition coefficient (Wildman–Crippen LogP) is 2.15. The number of rotatable bonds is 5. The molecule has 25 heavy (non-hydrogen) atoms. The summed E-state index contributed by atoms with van der Waals surface area (Å²) in [4.78, 5) is 17.1. The van der Waals surface area contributed by atoms with E-state index in [0.29, 0.717) is 18.5 Å². The SMILES string of the molecule is CC(C)c1ccc(NC(=O)CN2CCN(C3CCNC3)CC2)cc1.Cl. The largest absolute Gasteiger partial charge is 0.325 e. The van der Waals surface area contributed by atoms with E-state index >= 15 is 0 Å². The van der Waals surface area contributed by atoms with Gasteiger partial charge < -0.3 is 10.6 Å². The fourth-order valence-electron chi connectivity index (χ4n) is 3.59. The zero-order valence-electron chi connectivity index (χ0n) is 15.3. The van der Waals surface area contributed by atoms with Gasteiger partial charge in [0.25, 0.3) is 0 Å². The molecule has 6 heteroatoms. The van der Waals surface area contributed by atoms with Crippen LogP contribution in [0.1, 0.15) is 31.7 Å². The van der Waals surface area contributed by atoms with E-state index in [2.05, 4.69) is 46.4 Å². The molecule has 2 saturated heterocycles. The molecule has 140 valence electrons. The van der Waals surface area contributed by atoms with Gasteiger partial charge in [-0.05, 0) is 36.6 Å². The fraction of sp³-hybridized carbons (Fsp3) is 0.632. The van der Waals surface area contributed by atoms with Crippen molar-refractivity contribution >= 4 is 24.0 Å². The molecule has 2 heterocycles. The first-order valence-electron chi connectivity index (χ1n) is 9.19. The second-order valence-electron chi connectivity index (χ2n) is 7.28. The fourth-order valence-corrected chi connectivity index (χ4v) is 3.59. The lowest BCUT2D eigenvalue weighted by Gasteiger charge is -2.37. The summed E-state index contributed by atoms with van der Waals surface area (Å²) in [6.45, 7) is 11.2. The van der Waals surface area contributed by atoms with Crippen LogP contribution in [-0.4, -0.2) is 67.6 Å². The van der Waals surface area contributed by atoms with Gasteiger partial charge in [0.1, 0.15) is 0 Å². The van der Waals surface area contributed by atoms with Gasteiger partial charge in [0.2, 0.25) is 5.91 Å². The van der Waals surface area contributed by atoms with Gasteiger partial charge in [-0.15, -0.1) is 12.4 Å². The monoisotopic (exact) mass is 366 g/mol. The summed E-state index contributed by atoms with van der Waals surface area (Å²) in [6.07, 6.45) is 1.26. The second-order valence-corrected chi connectivity index (χ2v) is 7.28. The van der Waals surface area contributed by atoms with Gasteiger partial charge in [0.05, 0.1) is 6.54 Å². The zero-order valence-corrected chi connectivity index (χ0v) is 16.1. The predicted molar refractivity (Wildman–Crippen MR) is 106 cm³/mol. The molecule has 0 aliphatic carbocycles. The van der Waals surface area contributed by atoms with E-state index in [0.717, 1.165) is 45.0 Å². The number of carbonyl (C=O) groups excluding carboxylic acids is 1. The Labute approximate surface area is 157 Å². The highest BCUT2D eigenvalue weighted by atomic mass is 35.5. The number of amides is 1. The van der Waals surface area contributed by atoms with Crippen LogP contribution in [0.2, 0.25) is 0 Å². The highest BCUT2D eigenvalue weighted by Gasteiger charge is 2.26. The van der Waals surface area contributed by atoms with Gasteiger partial charge >= 0.3 is 0 Å². The van der Waals surface area contributed by atoms with Crippen LogP contribution in [0.25, 0.3) is 0 Å². The van der Waals surface area contributed by atoms with Crippen LogP contribution in [0.3, 0.4) is 0 Å². The number of hydrogen-bond acceptors (Lipinski definition) is 4. The van der Waals surface area contributed by atoms with E-state index in [4.69, 9.17) is 0 Å². The van der Waals surface area contributed by atoms with Crippen LogP contribution in [0.4, 0.5) is 5.69 Å². The van der Waals surface area contributed by atoms with Crippen molar-refractivity contribution in [1.82, 2.24) is 15.1 Å². The molecule has 2 N–H and O–H groups in total. The number of anilines is 1. The molecular formula is C19H31ClN4O. The number of benzene rings is 1. The van der Waals surface area contributed by atoms with Crippen LogP contribution in [0.15, 0.2) is 24.3 Å². The van der Waals surface area contributed by atoms with Crippen molar-refractivity contribution in [3.05, 3.63) is 29.8 Å². The van der Waals surface area contributed by atoms with Crippen molar-refractivity contribution in [2.75, 3.05) is 51.1 Å². The Balaban J connectivity index is 0.00000225. The Morgan fingerprint density at radius 3 is 2.44 bits per heavy atom. The van der Waals surface area contributed by atoms with Crippen LogP contribution >= 0.6 is 12.4 Å². The molecule has 5 nitrogen and oxygen atoms in total. The van der Waals surface area contributed by atoms with E-state index in [1.165, 1.54) is 12.0 Å². The highest BCUT2D eigenvalue weighted by molar-refractivity contribution is 5.92. The number of carbonyl (C=O) groups is 1. The lowest BCUT2D eigenvalue weighted by molar-refractivity contribution is -0.117. The Hall–Kier alpha value is -1.14. The molecular weight excluding hydrogens is 336 g/mol. The number of hydrogen-bond donors (Lipinski definition) is 2. The van der Waals surface area contributed by atoms with Crippen LogP contribution < -0.4 is 10.6 Å². The van der Waals surface area contributed by atoms with Gasteiger partial charge in [0.15, 0.2) is 0 Å². The van der Waals surface area contributed by atoms with Gasteiger partial charge in [0, 0.05) is 44.5 Å². The van der Waals surface area contributed by atoms with Gasteiger partial charge in [-0.2, -0.15) is 0 Å². The first-order chi connectivity index (χ1) is 11.6. The van der Waals surface area contributed by atoms with Crippen LogP contribution in [-0.2, 0) is 4.79 Å². The van der Waals surface area contributed by atoms with Gasteiger partial charge in [-0.1, -0.05) is 26.0 Å². The lowest BCUT2D eigenvalue weighted by atomic mass is 10.0. The number of nitrogens with zero attached hydrogens (tertiary/aromatic N) is 2. The van der Waals surface area contributed by atoms with Crippen molar-refractivity contribution in [2.45, 2.75) is 32.2 Å². The standard InChI is InChI=1S/C19H30N4O.ClH/c1-15(2)16-3-5-17(6-4-16)21-19(24)14-22-9-11-23(12-10-22)18-7-8-20-13-18;/h3-6,15,18,20H,7-14H2,1-2H3,(H,21,24);1H. The molecule has 0 aromatic heterocycles. The molecule has 1 unspecified atom stereocenters. The third kappa shape index (κ3) is 5.68. The molecule has 3 rings (SSSR count). The molecule has 1 atom stereocenters. The molecule has 1 aromatic rings. The third-order valence-electron chi connectivity index (χ3n) is 5.19. The Morgan fingerprint density at radius 1 is 1.20 bits per heavy atom. The molecule has 0 spiro atoms. The topological polar surface area (TPSA) is 47.6 Å². The van der Waals surface area contributed by atoms with Crippen molar-refractivity contribution < 1.29 is 4.79 Å². The third-order valence-corrected chi connectivity index (χ3v) is 5.19. The quantitative estimate of drug-likeness (QED) is 0.838. The number of nitrogens with one attached hydrogen (secondary N) is 2. The van der Waals surface area contributed by atoms with Gasteiger partial charge in [-0.25, -0.2) is 0 Å². The van der Waals surface area contributed by atoms with E-state index in [-0.39, 0.29) is 18.3 Å². The minimum Gasteiger partial charge on any atom is -0.325 e. The van der Waals surface area contributed by atoms with Crippen molar-refractivity contribution in [3.8, 4) is 0 Å². The summed E-state index contributed by atoms with van der Waals surface area (Å²) >= 11 is 0. The Kier molecular flexibility index (Phi) is 7.69. The van der Waals surface area contributed by atoms with E-state index in [1.54, 1.807) is 0 Å². The van der Waals surface area contributed by atoms with E-state index in [1.807, 2.05) is 12.1 Å². The summed E-state index contributed by atoms with van der Waals surface area (Å²) in [7, 11) is 0. The zero-order chi connectivity index (χ0) is 16.9. The number of halogens is 1. The summed E-state index contributed by atoms with van der Waals surface area (Å²) in [6, 6.07) is 8.88. The molecule has 0 saturated carbocycles. The minimum absolute atomic E-state index is 0. The lowest BCUT2D eigenvalue weighted by Crippen LogP contribution is -2.52. The maximum Gasteiger partial charge on any atom is 0.238 e. The molecule has 2 aliphatic heterocycles. The molecule has 2 fully saturated rings. The second kappa shape index (κ2) is 9.53. The molecule has 1 amide bonds. The number of piperazine rings is 1. The minimum atomic E-state index is 0. The maximum atomic E-state index is 12.3. The van der Waals surface area contributed by atoms with Crippen LogP contribution in [0, 0.1) is 0 Å². The molecule has 2 aliphatic rings. The molecule has 1 aromatic carbocycles. The van der Waals surface area contributed by atoms with Crippen molar-refractivity contribution in [3.63, 3.8) is 0 Å². The summed E-state index contributed by atoms with van der Waals surface area (Å²) < 4.78 is 0. The normalized spacial score (nSPS) is 22.0. The first-order valence-corrected chi connectivity index (χ1v) is 9.19. The maximum absolute atomic E-state index is 12.3. The van der Waals surface area contributed by atoms with Gasteiger partial charge in [-0.3, -0.25) is 14.6 Å². The Morgan fingerprint density at radius 2 is 1.88 bits per heavy atom. The van der Waals surface area contributed by atoms with Crippen LogP contribution in [0.5, 0.6) is 0 Å². The molecule has 0 bridgehead atoms. The summed E-state index contributed by atoms with van der Waals surface area (Å²) in [5.74, 6) is 0.601. The highest BCUT2D eigenvalue weighted by Crippen LogP contribution is 2.17. The summed E-state index contributed by atoms with van der Waals surface area (Å²) in [5.41, 5.74) is 2.19. The van der Waals surface area contributed by atoms with Crippen molar-refractivity contribution in [2.24, 2.45) is 0 Å². The Bertz CT molecular complexity index is 535. The average molecular weight is 367 g/mol. The average Bonchev–Trinajstić information content (AvgIpc) is 3.10. The van der Waals surface area contributed by atoms with E-state index < -0.39 is 0 Å². The smallest absolute Gasteiger partial charge is 0.238 e. The van der Waals surface area contributed by atoms with Crippen molar-refractivity contribution in [1.29, 1.82) is 0 Å². The van der Waals surface area contributed by atoms with E-state index in [9.17, 15) is 4.79 Å². The summed E-state index contributed by atoms with van der Waals surface area (Å²) in [5, 5.41) is 6.45.